The Morgan fingerprint density at radius 2 is 1.74 bits per heavy atom. The fraction of sp³-hybridized carbons (Fsp3) is 0.571. The van der Waals surface area contributed by atoms with Crippen molar-refractivity contribution in [2.45, 2.75) is 69.7 Å². The first kappa shape index (κ1) is 28.2. The Morgan fingerprint density at radius 1 is 1.12 bits per heavy atom. The normalized spacial score (nSPS) is 13.5. The number of carbonyl (C=O) groups excluding carboxylic acids is 1. The molecule has 0 saturated heterocycles. The Morgan fingerprint density at radius 3 is 2.35 bits per heavy atom. The number of ketones is 1. The number of tetrazole rings is 1. The van der Waals surface area contributed by atoms with Crippen LogP contribution in [0.1, 0.15) is 68.6 Å². The summed E-state index contributed by atoms with van der Waals surface area (Å²) in [5.41, 5.74) is 6.23. The second kappa shape index (κ2) is 13.1. The summed E-state index contributed by atoms with van der Waals surface area (Å²) in [6.07, 6.45) is 4.38. The van der Waals surface area contributed by atoms with Crippen molar-refractivity contribution in [2.24, 2.45) is 5.73 Å². The molecule has 0 aliphatic carbocycles. The van der Waals surface area contributed by atoms with E-state index < -0.39 is 39.4 Å². The monoisotopic (exact) mass is 533 g/mol. The quantitative estimate of drug-likeness (QED) is 0.327. The first-order valence-corrected chi connectivity index (χ1v) is 13.5. The van der Waals surface area contributed by atoms with Crippen molar-refractivity contribution in [3.63, 3.8) is 0 Å². The van der Waals surface area contributed by atoms with Crippen LogP contribution in [0.4, 0.5) is 0 Å². The van der Waals surface area contributed by atoms with Crippen LogP contribution in [0.2, 0.25) is 10.0 Å². The van der Waals surface area contributed by atoms with Crippen LogP contribution >= 0.6 is 23.2 Å². The topological polar surface area (TPSA) is 158 Å². The second-order valence-corrected chi connectivity index (χ2v) is 11.0. The number of carboxylic acids is 1. The van der Waals surface area contributed by atoms with Crippen molar-refractivity contribution in [2.75, 3.05) is 5.75 Å². The molecule has 1 aromatic heterocycles. The van der Waals surface area contributed by atoms with Crippen molar-refractivity contribution in [1.29, 1.82) is 0 Å². The lowest BCUT2D eigenvalue weighted by molar-refractivity contribution is -0.139. The van der Waals surface area contributed by atoms with Gasteiger partial charge in [0.15, 0.2) is 21.4 Å². The number of nitrogens with two attached hydrogens (primary N) is 1. The van der Waals surface area contributed by atoms with Gasteiger partial charge in [0.25, 0.3) is 0 Å². The number of unbranched alkanes of at least 4 members (excludes halogenated alkanes) is 5. The minimum absolute atomic E-state index is 0.0536. The van der Waals surface area contributed by atoms with E-state index in [4.69, 9.17) is 34.0 Å². The van der Waals surface area contributed by atoms with Gasteiger partial charge < -0.3 is 10.8 Å². The van der Waals surface area contributed by atoms with Crippen molar-refractivity contribution >= 4 is 44.8 Å². The Kier molecular flexibility index (Phi) is 10.9. The lowest BCUT2D eigenvalue weighted by atomic mass is 10.1. The Bertz CT molecular complexity index is 1070. The molecule has 0 spiro atoms. The number of sulfone groups is 1. The van der Waals surface area contributed by atoms with Crippen LogP contribution < -0.4 is 5.73 Å². The number of benzene rings is 1. The first-order chi connectivity index (χ1) is 16.1. The summed E-state index contributed by atoms with van der Waals surface area (Å²) in [5, 5.41) is 19.6. The molecule has 0 aliphatic heterocycles. The predicted molar refractivity (Wildman–Crippen MR) is 129 cm³/mol. The van der Waals surface area contributed by atoms with Gasteiger partial charge in [-0.05, 0) is 29.3 Å². The standard InChI is InChI=1S/C21H29Cl2N5O5S/c1-2-3-4-5-6-7-11-34(32,33)21(20(31)17(24)13-19(29)30)28-26-18(25-27-28)12-14-15(22)9-8-10-16(14)23/h8-10,17,21H,2-7,11-13,24H2,1H3,(H,29,30). The molecule has 10 nitrogen and oxygen atoms in total. The SMILES string of the molecule is CCCCCCCCS(=O)(=O)C(C(=O)C(N)CC(=O)O)n1nnc(Cc2c(Cl)cccc2Cl)n1. The molecule has 1 heterocycles. The van der Waals surface area contributed by atoms with E-state index in [1.54, 1.807) is 18.2 Å². The van der Waals surface area contributed by atoms with Crippen LogP contribution in [-0.4, -0.2) is 57.3 Å². The average molecular weight is 534 g/mol. The molecule has 0 amide bonds. The smallest absolute Gasteiger partial charge is 0.305 e. The summed E-state index contributed by atoms with van der Waals surface area (Å²) < 4.78 is 26.3. The van der Waals surface area contributed by atoms with Crippen molar-refractivity contribution in [1.82, 2.24) is 20.2 Å². The molecule has 0 saturated carbocycles. The van der Waals surface area contributed by atoms with E-state index in [-0.39, 0.29) is 18.0 Å². The lowest BCUT2D eigenvalue weighted by Crippen LogP contribution is -2.43. The minimum Gasteiger partial charge on any atom is -0.481 e. The fourth-order valence-electron chi connectivity index (χ4n) is 3.39. The van der Waals surface area contributed by atoms with Gasteiger partial charge >= 0.3 is 5.97 Å². The number of aromatic nitrogens is 4. The highest BCUT2D eigenvalue weighted by molar-refractivity contribution is 7.92. The van der Waals surface area contributed by atoms with E-state index >= 15 is 0 Å². The maximum Gasteiger partial charge on any atom is 0.305 e. The van der Waals surface area contributed by atoms with Crippen LogP contribution in [0.3, 0.4) is 0 Å². The maximum absolute atomic E-state index is 13.1. The van der Waals surface area contributed by atoms with E-state index in [0.717, 1.165) is 25.7 Å². The zero-order chi connectivity index (χ0) is 25.3. The number of carbonyl (C=O) groups is 2. The van der Waals surface area contributed by atoms with E-state index in [2.05, 4.69) is 22.3 Å². The molecule has 3 N–H and O–H groups in total. The molecule has 2 atom stereocenters. The number of nitrogens with zero attached hydrogens (tertiary/aromatic N) is 4. The van der Waals surface area contributed by atoms with Crippen molar-refractivity contribution < 1.29 is 23.1 Å². The molecule has 34 heavy (non-hydrogen) atoms. The summed E-state index contributed by atoms with van der Waals surface area (Å²) in [5.74, 6) is -2.53. The highest BCUT2D eigenvalue weighted by Crippen LogP contribution is 2.26. The number of aliphatic carboxylic acids is 1. The van der Waals surface area contributed by atoms with Crippen LogP contribution in [0.15, 0.2) is 18.2 Å². The van der Waals surface area contributed by atoms with Gasteiger partial charge in [0.2, 0.25) is 5.37 Å². The Balaban J connectivity index is 2.27. The van der Waals surface area contributed by atoms with Gasteiger partial charge in [-0.2, -0.15) is 0 Å². The van der Waals surface area contributed by atoms with Crippen LogP contribution in [0.5, 0.6) is 0 Å². The number of Topliss-reactive ketones (excluding diaryl/α,β-unsaturated/α-hetero) is 1. The average Bonchev–Trinajstić information content (AvgIpc) is 3.20. The van der Waals surface area contributed by atoms with Gasteiger partial charge in [0.05, 0.1) is 18.2 Å². The van der Waals surface area contributed by atoms with E-state index in [0.29, 0.717) is 33.2 Å². The summed E-state index contributed by atoms with van der Waals surface area (Å²) in [7, 11) is -4.10. The van der Waals surface area contributed by atoms with Crippen LogP contribution in [0, 0.1) is 0 Å². The van der Waals surface area contributed by atoms with Gasteiger partial charge in [-0.3, -0.25) is 9.59 Å². The largest absolute Gasteiger partial charge is 0.481 e. The molecule has 13 heteroatoms. The third kappa shape index (κ3) is 8.00. The van der Waals surface area contributed by atoms with E-state index in [9.17, 15) is 18.0 Å². The third-order valence-electron chi connectivity index (χ3n) is 5.20. The predicted octanol–water partition coefficient (Wildman–Crippen LogP) is 3.22. The number of hydrogen-bond donors (Lipinski definition) is 2. The van der Waals surface area contributed by atoms with Gasteiger partial charge in [0.1, 0.15) is 0 Å². The molecule has 2 rings (SSSR count). The van der Waals surface area contributed by atoms with Gasteiger partial charge in [0, 0.05) is 16.5 Å². The number of rotatable bonds is 15. The van der Waals surface area contributed by atoms with E-state index in [1.807, 2.05) is 0 Å². The summed E-state index contributed by atoms with van der Waals surface area (Å²) in [6.45, 7) is 2.08. The van der Waals surface area contributed by atoms with Gasteiger partial charge in [-0.25, -0.2) is 8.42 Å². The minimum atomic E-state index is -4.10. The molecule has 1 aromatic carbocycles. The molecule has 0 bridgehead atoms. The third-order valence-corrected chi connectivity index (χ3v) is 7.87. The Hall–Kier alpha value is -2.08. The summed E-state index contributed by atoms with van der Waals surface area (Å²) >= 11 is 12.4. The zero-order valence-electron chi connectivity index (χ0n) is 18.9. The van der Waals surface area contributed by atoms with Gasteiger partial charge in [-0.15, -0.1) is 15.0 Å². The number of hydrogen-bond acceptors (Lipinski definition) is 8. The highest BCUT2D eigenvalue weighted by atomic mass is 35.5. The maximum atomic E-state index is 13.1. The van der Waals surface area contributed by atoms with E-state index in [1.165, 1.54) is 0 Å². The summed E-state index contributed by atoms with van der Waals surface area (Å²) in [6, 6.07) is 3.39. The lowest BCUT2D eigenvalue weighted by Gasteiger charge is -2.18. The van der Waals surface area contributed by atoms with Gasteiger partial charge in [-0.1, -0.05) is 68.3 Å². The molecule has 188 valence electrons. The first-order valence-electron chi connectivity index (χ1n) is 11.0. The number of halogens is 2. The molecular weight excluding hydrogens is 505 g/mol. The summed E-state index contributed by atoms with van der Waals surface area (Å²) in [4.78, 5) is 24.7. The van der Waals surface area contributed by atoms with Crippen LogP contribution in [-0.2, 0) is 25.8 Å². The number of carboxylic acid groups (broad SMARTS) is 1. The molecule has 0 radical (unpaired) electrons. The zero-order valence-corrected chi connectivity index (χ0v) is 21.2. The molecule has 2 aromatic rings. The van der Waals surface area contributed by atoms with Crippen LogP contribution in [0.25, 0.3) is 0 Å². The second-order valence-electron chi connectivity index (χ2n) is 8.00. The molecular formula is C21H29Cl2N5O5S. The molecule has 2 unspecified atom stereocenters. The molecule has 0 fully saturated rings. The highest BCUT2D eigenvalue weighted by Gasteiger charge is 2.39. The van der Waals surface area contributed by atoms with Crippen molar-refractivity contribution in [3.8, 4) is 0 Å². The van der Waals surface area contributed by atoms with Crippen molar-refractivity contribution in [3.05, 3.63) is 39.6 Å². The Labute approximate surface area is 208 Å². The fourth-order valence-corrected chi connectivity index (χ4v) is 5.65. The molecule has 0 aliphatic rings.